The summed E-state index contributed by atoms with van der Waals surface area (Å²) in [6.45, 7) is 0.0538. The molecular weight excluding hydrogens is 288 g/mol. The molecule has 0 saturated heterocycles. The number of urea groups is 1. The van der Waals surface area contributed by atoms with Crippen molar-refractivity contribution in [1.29, 1.82) is 0 Å². The van der Waals surface area contributed by atoms with Crippen LogP contribution in [0, 0.1) is 0 Å². The molecule has 0 spiro atoms. The topological polar surface area (TPSA) is 105 Å². The minimum Gasteiger partial charge on any atom is -0.493 e. The van der Waals surface area contributed by atoms with Crippen LogP contribution in [0.25, 0.3) is 0 Å². The van der Waals surface area contributed by atoms with Gasteiger partial charge in [0.1, 0.15) is 5.76 Å². The van der Waals surface area contributed by atoms with Gasteiger partial charge < -0.3 is 25.1 Å². The summed E-state index contributed by atoms with van der Waals surface area (Å²) < 4.78 is 10.1. The van der Waals surface area contributed by atoms with Gasteiger partial charge in [-0.05, 0) is 24.3 Å². The largest absolute Gasteiger partial charge is 0.493 e. The molecule has 2 aromatic heterocycles. The smallest absolute Gasteiger partial charge is 0.315 e. The van der Waals surface area contributed by atoms with Gasteiger partial charge in [0, 0.05) is 6.20 Å². The Kier molecular flexibility index (Phi) is 5.36. The second-order valence-corrected chi connectivity index (χ2v) is 4.22. The van der Waals surface area contributed by atoms with Crippen LogP contribution in [0.4, 0.5) is 10.6 Å². The van der Waals surface area contributed by atoms with E-state index >= 15 is 0 Å². The highest BCUT2D eigenvalue weighted by Gasteiger charge is 2.09. The molecule has 0 aliphatic heterocycles. The van der Waals surface area contributed by atoms with E-state index in [1.54, 1.807) is 24.3 Å². The van der Waals surface area contributed by atoms with Gasteiger partial charge in [-0.25, -0.2) is 9.78 Å². The van der Waals surface area contributed by atoms with Crippen LogP contribution in [-0.4, -0.2) is 30.6 Å². The predicted octanol–water partition coefficient (Wildman–Crippen LogP) is 1.12. The maximum absolute atomic E-state index is 11.8. The van der Waals surface area contributed by atoms with Gasteiger partial charge in [0.05, 0.1) is 26.5 Å². The van der Waals surface area contributed by atoms with Gasteiger partial charge >= 0.3 is 6.03 Å². The van der Waals surface area contributed by atoms with Crippen molar-refractivity contribution in [3.8, 4) is 5.75 Å². The molecule has 2 rings (SSSR count). The fourth-order valence-electron chi connectivity index (χ4n) is 1.63. The van der Waals surface area contributed by atoms with Gasteiger partial charge in [-0.2, -0.15) is 0 Å². The molecule has 0 bridgehead atoms. The summed E-state index contributed by atoms with van der Waals surface area (Å²) in [5, 5.41) is 7.54. The number of rotatable bonds is 6. The number of amides is 3. The maximum Gasteiger partial charge on any atom is 0.315 e. The zero-order chi connectivity index (χ0) is 15.8. The summed E-state index contributed by atoms with van der Waals surface area (Å²) in [5.74, 6) is 0.953. The van der Waals surface area contributed by atoms with Crippen LogP contribution >= 0.6 is 0 Å². The number of pyridine rings is 1. The van der Waals surface area contributed by atoms with Crippen molar-refractivity contribution in [3.63, 3.8) is 0 Å². The molecule has 3 amide bonds. The van der Waals surface area contributed by atoms with Crippen molar-refractivity contribution in [3.05, 3.63) is 42.5 Å². The molecule has 0 aromatic carbocycles. The molecule has 2 aromatic rings. The Hall–Kier alpha value is -3.03. The number of hydrogen-bond acceptors (Lipinski definition) is 5. The monoisotopic (exact) mass is 304 g/mol. The molecule has 0 radical (unpaired) electrons. The van der Waals surface area contributed by atoms with Crippen molar-refractivity contribution in [2.75, 3.05) is 19.0 Å². The summed E-state index contributed by atoms with van der Waals surface area (Å²) in [4.78, 5) is 27.3. The van der Waals surface area contributed by atoms with Crippen LogP contribution in [0.3, 0.4) is 0 Å². The Labute approximate surface area is 126 Å². The van der Waals surface area contributed by atoms with Crippen LogP contribution in [0.1, 0.15) is 5.76 Å². The quantitative estimate of drug-likeness (QED) is 0.741. The van der Waals surface area contributed by atoms with Crippen LogP contribution in [-0.2, 0) is 11.3 Å². The Morgan fingerprint density at radius 2 is 2.14 bits per heavy atom. The third kappa shape index (κ3) is 4.51. The average Bonchev–Trinajstić information content (AvgIpc) is 3.05. The lowest BCUT2D eigenvalue weighted by molar-refractivity contribution is -0.115. The summed E-state index contributed by atoms with van der Waals surface area (Å²) in [5.41, 5.74) is 0. The molecule has 2 heterocycles. The van der Waals surface area contributed by atoms with Gasteiger partial charge in [-0.15, -0.1) is 0 Å². The number of methoxy groups -OCH3 is 1. The summed E-state index contributed by atoms with van der Waals surface area (Å²) >= 11 is 0. The fraction of sp³-hybridized carbons (Fsp3) is 0.214. The number of nitrogens with zero attached hydrogens (tertiary/aromatic N) is 1. The van der Waals surface area contributed by atoms with Crippen LogP contribution in [0.2, 0.25) is 0 Å². The third-order valence-electron chi connectivity index (χ3n) is 2.66. The van der Waals surface area contributed by atoms with Crippen molar-refractivity contribution >= 4 is 17.8 Å². The Bertz CT molecular complexity index is 628. The third-order valence-corrected chi connectivity index (χ3v) is 2.66. The van der Waals surface area contributed by atoms with E-state index in [1.807, 2.05) is 0 Å². The number of aromatic nitrogens is 1. The van der Waals surface area contributed by atoms with Crippen molar-refractivity contribution in [1.82, 2.24) is 15.6 Å². The molecule has 0 saturated carbocycles. The predicted molar refractivity (Wildman–Crippen MR) is 78.4 cm³/mol. The van der Waals surface area contributed by atoms with Gasteiger partial charge in [0.15, 0.2) is 11.6 Å². The second-order valence-electron chi connectivity index (χ2n) is 4.22. The lowest BCUT2D eigenvalue weighted by Crippen LogP contribution is -2.39. The maximum atomic E-state index is 11.8. The van der Waals surface area contributed by atoms with E-state index in [1.165, 1.54) is 19.6 Å². The van der Waals surface area contributed by atoms with Gasteiger partial charge in [-0.3, -0.25) is 4.79 Å². The van der Waals surface area contributed by atoms with E-state index < -0.39 is 11.9 Å². The normalized spacial score (nSPS) is 9.86. The number of furan rings is 1. The van der Waals surface area contributed by atoms with Crippen LogP contribution in [0.5, 0.6) is 5.75 Å². The number of hydrogen-bond donors (Lipinski definition) is 3. The molecule has 8 nitrogen and oxygen atoms in total. The van der Waals surface area contributed by atoms with E-state index in [-0.39, 0.29) is 13.1 Å². The highest BCUT2D eigenvalue weighted by molar-refractivity contribution is 5.94. The highest BCUT2D eigenvalue weighted by Crippen LogP contribution is 2.19. The number of anilines is 1. The molecule has 116 valence electrons. The Morgan fingerprint density at radius 3 is 2.86 bits per heavy atom. The first-order chi connectivity index (χ1) is 10.7. The van der Waals surface area contributed by atoms with E-state index in [9.17, 15) is 9.59 Å². The van der Waals surface area contributed by atoms with Gasteiger partial charge in [0.25, 0.3) is 0 Å². The number of carbonyl (C=O) groups excluding carboxylic acids is 2. The van der Waals surface area contributed by atoms with E-state index in [2.05, 4.69) is 20.9 Å². The number of carbonyl (C=O) groups is 2. The average molecular weight is 304 g/mol. The standard InChI is InChI=1S/C14H16N4O4/c1-21-11-5-2-6-15-13(11)18-12(19)9-17-14(20)16-8-10-4-3-7-22-10/h2-7H,8-9H2,1H3,(H,15,18,19)(H2,16,17,20). The lowest BCUT2D eigenvalue weighted by Gasteiger charge is -2.09. The van der Waals surface area contributed by atoms with Gasteiger partial charge in [-0.1, -0.05) is 0 Å². The molecule has 0 atom stereocenters. The lowest BCUT2D eigenvalue weighted by atomic mass is 10.4. The van der Waals surface area contributed by atoms with Gasteiger partial charge in [0.2, 0.25) is 5.91 Å². The first kappa shape index (κ1) is 15.4. The molecule has 22 heavy (non-hydrogen) atoms. The SMILES string of the molecule is COc1cccnc1NC(=O)CNC(=O)NCc1ccco1. The fourth-order valence-corrected chi connectivity index (χ4v) is 1.63. The molecule has 0 aliphatic rings. The van der Waals surface area contributed by atoms with E-state index in [0.29, 0.717) is 17.3 Å². The van der Waals surface area contributed by atoms with Crippen molar-refractivity contribution in [2.45, 2.75) is 6.54 Å². The van der Waals surface area contributed by atoms with E-state index in [0.717, 1.165) is 0 Å². The van der Waals surface area contributed by atoms with Crippen LogP contribution < -0.4 is 20.7 Å². The zero-order valence-corrected chi connectivity index (χ0v) is 12.0. The number of nitrogens with one attached hydrogen (secondary N) is 3. The Morgan fingerprint density at radius 1 is 1.27 bits per heavy atom. The number of ether oxygens (including phenoxy) is 1. The molecule has 3 N–H and O–H groups in total. The molecular formula is C14H16N4O4. The minimum absolute atomic E-state index is 0.191. The highest BCUT2D eigenvalue weighted by atomic mass is 16.5. The van der Waals surface area contributed by atoms with E-state index in [4.69, 9.17) is 9.15 Å². The molecule has 0 unspecified atom stereocenters. The van der Waals surface area contributed by atoms with Crippen molar-refractivity contribution in [2.24, 2.45) is 0 Å². The molecule has 8 heteroatoms. The second kappa shape index (κ2) is 7.67. The first-order valence-electron chi connectivity index (χ1n) is 6.52. The molecule has 0 aliphatic carbocycles. The molecule has 0 fully saturated rings. The summed E-state index contributed by atoms with van der Waals surface area (Å²) in [6, 6.07) is 6.35. The van der Waals surface area contributed by atoms with Crippen LogP contribution in [0.15, 0.2) is 41.1 Å². The van der Waals surface area contributed by atoms with Crippen molar-refractivity contribution < 1.29 is 18.7 Å². The summed E-state index contributed by atoms with van der Waals surface area (Å²) in [7, 11) is 1.48. The summed E-state index contributed by atoms with van der Waals surface area (Å²) in [6.07, 6.45) is 3.05. The Balaban J connectivity index is 1.74. The first-order valence-corrected chi connectivity index (χ1v) is 6.52. The zero-order valence-electron chi connectivity index (χ0n) is 12.0. The minimum atomic E-state index is -0.473.